The standard InChI is InChI=1S/C19H20BrN3O3/c20-15-11-21-19(22-12-15)26-16-7-4-10-23(13-16)18(25)9-8-17(24)14-5-2-1-3-6-14/h1-3,5-6,11-12,16H,4,7-10,13H2/t16-/m1/s1. The van der Waals surface area contributed by atoms with E-state index in [2.05, 4.69) is 25.9 Å². The Morgan fingerprint density at radius 1 is 1.15 bits per heavy atom. The van der Waals surface area contributed by atoms with Crippen molar-refractivity contribution in [2.24, 2.45) is 0 Å². The molecule has 6 nitrogen and oxygen atoms in total. The van der Waals surface area contributed by atoms with E-state index in [1.54, 1.807) is 29.4 Å². The molecule has 1 aliphatic rings. The van der Waals surface area contributed by atoms with Gasteiger partial charge in [-0.25, -0.2) is 9.97 Å². The maximum absolute atomic E-state index is 12.5. The Balaban J connectivity index is 1.49. The highest BCUT2D eigenvalue weighted by atomic mass is 79.9. The molecular formula is C19H20BrN3O3. The first-order chi connectivity index (χ1) is 12.6. The molecule has 1 saturated heterocycles. The van der Waals surface area contributed by atoms with Gasteiger partial charge in [0.2, 0.25) is 5.91 Å². The molecule has 0 radical (unpaired) electrons. The van der Waals surface area contributed by atoms with Crippen LogP contribution in [0.5, 0.6) is 6.01 Å². The van der Waals surface area contributed by atoms with Gasteiger partial charge < -0.3 is 9.64 Å². The molecule has 3 rings (SSSR count). The van der Waals surface area contributed by atoms with Crippen LogP contribution in [0.4, 0.5) is 0 Å². The maximum atomic E-state index is 12.5. The molecule has 0 N–H and O–H groups in total. The number of Topliss-reactive ketones (excluding diaryl/α,β-unsaturated/α-hetero) is 1. The van der Waals surface area contributed by atoms with Crippen LogP contribution < -0.4 is 4.74 Å². The van der Waals surface area contributed by atoms with E-state index in [0.29, 0.717) is 24.7 Å². The molecule has 7 heteroatoms. The molecule has 0 aliphatic carbocycles. The number of piperidine rings is 1. The monoisotopic (exact) mass is 417 g/mol. The van der Waals surface area contributed by atoms with Crippen molar-refractivity contribution < 1.29 is 14.3 Å². The summed E-state index contributed by atoms with van der Waals surface area (Å²) < 4.78 is 6.57. The van der Waals surface area contributed by atoms with E-state index in [9.17, 15) is 9.59 Å². The predicted octanol–water partition coefficient (Wildman–Crippen LogP) is 3.27. The second kappa shape index (κ2) is 8.89. The summed E-state index contributed by atoms with van der Waals surface area (Å²) in [6, 6.07) is 9.38. The number of benzene rings is 1. The van der Waals surface area contributed by atoms with Crippen molar-refractivity contribution in [1.29, 1.82) is 0 Å². The molecule has 1 amide bonds. The summed E-state index contributed by atoms with van der Waals surface area (Å²) in [7, 11) is 0. The third kappa shape index (κ3) is 5.11. The average Bonchev–Trinajstić information content (AvgIpc) is 2.68. The summed E-state index contributed by atoms with van der Waals surface area (Å²) in [5.41, 5.74) is 0.646. The van der Waals surface area contributed by atoms with Crippen molar-refractivity contribution in [3.8, 4) is 6.01 Å². The number of likely N-dealkylation sites (tertiary alicyclic amines) is 1. The zero-order chi connectivity index (χ0) is 18.4. The number of rotatable bonds is 6. The molecule has 1 fully saturated rings. The number of hydrogen-bond acceptors (Lipinski definition) is 5. The third-order valence-electron chi connectivity index (χ3n) is 4.26. The normalized spacial score (nSPS) is 17.0. The maximum Gasteiger partial charge on any atom is 0.316 e. The highest BCUT2D eigenvalue weighted by Crippen LogP contribution is 2.17. The topological polar surface area (TPSA) is 72.4 Å². The fourth-order valence-electron chi connectivity index (χ4n) is 2.92. The Kier molecular flexibility index (Phi) is 6.33. The van der Waals surface area contributed by atoms with Gasteiger partial charge in [0, 0.05) is 37.3 Å². The SMILES string of the molecule is O=C(CCC(=O)N1CCC[C@@H](Oc2ncc(Br)cn2)C1)c1ccccc1. The molecule has 0 bridgehead atoms. The fourth-order valence-corrected chi connectivity index (χ4v) is 3.12. The van der Waals surface area contributed by atoms with E-state index in [1.807, 2.05) is 18.2 Å². The number of amides is 1. The summed E-state index contributed by atoms with van der Waals surface area (Å²) in [5.74, 6) is -0.0219. The Hall–Kier alpha value is -2.28. The van der Waals surface area contributed by atoms with Crippen molar-refractivity contribution in [2.45, 2.75) is 31.8 Å². The van der Waals surface area contributed by atoms with E-state index in [1.165, 1.54) is 0 Å². The van der Waals surface area contributed by atoms with Gasteiger partial charge in [0.05, 0.1) is 11.0 Å². The third-order valence-corrected chi connectivity index (χ3v) is 4.67. The predicted molar refractivity (Wildman–Crippen MR) is 100.0 cm³/mol. The molecule has 1 aliphatic heterocycles. The molecule has 0 saturated carbocycles. The highest BCUT2D eigenvalue weighted by Gasteiger charge is 2.25. The van der Waals surface area contributed by atoms with Crippen molar-refractivity contribution >= 4 is 27.6 Å². The molecule has 136 valence electrons. The summed E-state index contributed by atoms with van der Waals surface area (Å²) in [6.07, 6.45) is 5.28. The lowest BCUT2D eigenvalue weighted by Crippen LogP contribution is -2.44. The van der Waals surface area contributed by atoms with Gasteiger partial charge >= 0.3 is 6.01 Å². The van der Waals surface area contributed by atoms with Gasteiger partial charge in [0.1, 0.15) is 6.10 Å². The molecule has 26 heavy (non-hydrogen) atoms. The number of halogens is 1. The van der Waals surface area contributed by atoms with E-state index in [-0.39, 0.29) is 30.6 Å². The van der Waals surface area contributed by atoms with Crippen LogP contribution in [0.15, 0.2) is 47.2 Å². The minimum Gasteiger partial charge on any atom is -0.458 e. The van der Waals surface area contributed by atoms with Crippen LogP contribution in [0, 0.1) is 0 Å². The minimum absolute atomic E-state index is 0.00739. The fraction of sp³-hybridized carbons (Fsp3) is 0.368. The van der Waals surface area contributed by atoms with E-state index in [0.717, 1.165) is 17.3 Å². The molecule has 1 aromatic carbocycles. The van der Waals surface area contributed by atoms with E-state index >= 15 is 0 Å². The van der Waals surface area contributed by atoms with Crippen LogP contribution in [0.3, 0.4) is 0 Å². The number of aromatic nitrogens is 2. The van der Waals surface area contributed by atoms with Crippen LogP contribution in [0.2, 0.25) is 0 Å². The van der Waals surface area contributed by atoms with Gasteiger partial charge in [-0.3, -0.25) is 9.59 Å². The smallest absolute Gasteiger partial charge is 0.316 e. The summed E-state index contributed by atoms with van der Waals surface area (Å²) in [6.45, 7) is 1.19. The molecule has 2 heterocycles. The Morgan fingerprint density at radius 3 is 2.62 bits per heavy atom. The van der Waals surface area contributed by atoms with Gasteiger partial charge in [-0.2, -0.15) is 0 Å². The van der Waals surface area contributed by atoms with Gasteiger partial charge in [-0.05, 0) is 28.8 Å². The van der Waals surface area contributed by atoms with Gasteiger partial charge in [0.25, 0.3) is 0 Å². The molecule has 1 aromatic heterocycles. The van der Waals surface area contributed by atoms with Crippen LogP contribution in [0.25, 0.3) is 0 Å². The van der Waals surface area contributed by atoms with Crippen molar-refractivity contribution in [3.05, 3.63) is 52.8 Å². The number of ether oxygens (including phenoxy) is 1. The first kappa shape index (κ1) is 18.5. The van der Waals surface area contributed by atoms with Gasteiger partial charge in [-0.15, -0.1) is 0 Å². The Morgan fingerprint density at radius 2 is 1.88 bits per heavy atom. The minimum atomic E-state index is -0.126. The van der Waals surface area contributed by atoms with E-state index in [4.69, 9.17) is 4.74 Å². The lowest BCUT2D eigenvalue weighted by molar-refractivity contribution is -0.133. The van der Waals surface area contributed by atoms with Gasteiger partial charge in [0.15, 0.2) is 5.78 Å². The average molecular weight is 418 g/mol. The Labute approximate surface area is 160 Å². The largest absolute Gasteiger partial charge is 0.458 e. The molecule has 0 spiro atoms. The number of nitrogens with zero attached hydrogens (tertiary/aromatic N) is 3. The molecule has 0 unspecified atom stereocenters. The zero-order valence-electron chi connectivity index (χ0n) is 14.3. The highest BCUT2D eigenvalue weighted by molar-refractivity contribution is 9.10. The summed E-state index contributed by atoms with van der Waals surface area (Å²) in [5, 5.41) is 0. The molecule has 2 aromatic rings. The number of ketones is 1. The van der Waals surface area contributed by atoms with E-state index < -0.39 is 0 Å². The number of hydrogen-bond donors (Lipinski definition) is 0. The molecule has 1 atom stereocenters. The number of carbonyl (C=O) groups is 2. The summed E-state index contributed by atoms with van der Waals surface area (Å²) in [4.78, 5) is 34.6. The van der Waals surface area contributed by atoms with Crippen LogP contribution in [-0.2, 0) is 4.79 Å². The first-order valence-electron chi connectivity index (χ1n) is 8.62. The Bertz CT molecular complexity index is 752. The van der Waals surface area contributed by atoms with Crippen LogP contribution in [0.1, 0.15) is 36.0 Å². The quantitative estimate of drug-likeness (QED) is 0.674. The first-order valence-corrected chi connectivity index (χ1v) is 9.41. The zero-order valence-corrected chi connectivity index (χ0v) is 15.9. The number of carbonyl (C=O) groups excluding carboxylic acids is 2. The molecular weight excluding hydrogens is 398 g/mol. The second-order valence-corrected chi connectivity index (χ2v) is 7.11. The van der Waals surface area contributed by atoms with Crippen molar-refractivity contribution in [1.82, 2.24) is 14.9 Å². The lowest BCUT2D eigenvalue weighted by atomic mass is 10.0. The van der Waals surface area contributed by atoms with Gasteiger partial charge in [-0.1, -0.05) is 30.3 Å². The lowest BCUT2D eigenvalue weighted by Gasteiger charge is -2.32. The van der Waals surface area contributed by atoms with Crippen molar-refractivity contribution in [2.75, 3.05) is 13.1 Å². The summed E-state index contributed by atoms with van der Waals surface area (Å²) >= 11 is 3.28. The van der Waals surface area contributed by atoms with Crippen molar-refractivity contribution in [3.63, 3.8) is 0 Å². The second-order valence-electron chi connectivity index (χ2n) is 6.19. The van der Waals surface area contributed by atoms with Crippen LogP contribution >= 0.6 is 15.9 Å². The van der Waals surface area contributed by atoms with Crippen LogP contribution in [-0.4, -0.2) is 45.8 Å².